The van der Waals surface area contributed by atoms with Crippen LogP contribution < -0.4 is 0 Å². The minimum atomic E-state index is -1.85. The summed E-state index contributed by atoms with van der Waals surface area (Å²) in [6.07, 6.45) is 1.54. The van der Waals surface area contributed by atoms with Crippen molar-refractivity contribution < 1.29 is 0 Å². The normalized spacial score (nSPS) is 13.2. The third-order valence-electron chi connectivity index (χ3n) is 2.04. The standard InChI is InChI=1S/C8H10Cl5N3/c1-3-4-5-6(16(2)15-14-5)7(9,10)8(11,12)13/h3-4H2,1-2H3. The summed E-state index contributed by atoms with van der Waals surface area (Å²) < 4.78 is -2.11. The number of hydrogen-bond donors (Lipinski definition) is 0. The molecule has 1 aromatic heterocycles. The fourth-order valence-electron chi connectivity index (χ4n) is 1.32. The molecule has 0 aliphatic rings. The Bertz CT molecular complexity index is 368. The van der Waals surface area contributed by atoms with E-state index in [-0.39, 0.29) is 0 Å². The Morgan fingerprint density at radius 3 is 2.19 bits per heavy atom. The lowest BCUT2D eigenvalue weighted by Crippen LogP contribution is -2.31. The average molecular weight is 325 g/mol. The van der Waals surface area contributed by atoms with Gasteiger partial charge >= 0.3 is 0 Å². The Balaban J connectivity index is 3.25. The maximum Gasteiger partial charge on any atom is 0.228 e. The lowest BCUT2D eigenvalue weighted by molar-refractivity contribution is 0.650. The molecule has 92 valence electrons. The van der Waals surface area contributed by atoms with Crippen molar-refractivity contribution in [3.8, 4) is 0 Å². The predicted molar refractivity (Wildman–Crippen MR) is 68.7 cm³/mol. The van der Waals surface area contributed by atoms with Gasteiger partial charge in [-0.2, -0.15) is 0 Å². The van der Waals surface area contributed by atoms with Gasteiger partial charge in [-0.1, -0.05) is 76.6 Å². The molecule has 8 heteroatoms. The Morgan fingerprint density at radius 2 is 1.75 bits per heavy atom. The van der Waals surface area contributed by atoms with Gasteiger partial charge in [0.2, 0.25) is 8.13 Å². The van der Waals surface area contributed by atoms with Crippen LogP contribution in [0.25, 0.3) is 0 Å². The second kappa shape index (κ2) is 5.07. The molecule has 0 N–H and O–H groups in total. The monoisotopic (exact) mass is 323 g/mol. The first-order valence-electron chi connectivity index (χ1n) is 4.55. The fourth-order valence-corrected chi connectivity index (χ4v) is 2.06. The Kier molecular flexibility index (Phi) is 4.64. The molecule has 0 fully saturated rings. The zero-order valence-corrected chi connectivity index (χ0v) is 12.4. The molecule has 16 heavy (non-hydrogen) atoms. The van der Waals surface area contributed by atoms with Crippen LogP contribution in [0.2, 0.25) is 0 Å². The molecule has 0 saturated heterocycles. The van der Waals surface area contributed by atoms with E-state index in [0.717, 1.165) is 6.42 Å². The van der Waals surface area contributed by atoms with Crippen molar-refractivity contribution in [2.24, 2.45) is 7.05 Å². The number of hydrogen-bond acceptors (Lipinski definition) is 2. The van der Waals surface area contributed by atoms with Crippen LogP contribution in [-0.2, 0) is 17.8 Å². The zero-order chi connectivity index (χ0) is 12.6. The van der Waals surface area contributed by atoms with Gasteiger partial charge < -0.3 is 0 Å². The fraction of sp³-hybridized carbons (Fsp3) is 0.750. The SMILES string of the molecule is CCCc1nnn(C)c1C(Cl)(Cl)C(Cl)(Cl)Cl. The van der Waals surface area contributed by atoms with E-state index in [4.69, 9.17) is 58.0 Å². The number of halogens is 5. The molecule has 0 radical (unpaired) electrons. The number of rotatable bonds is 3. The molecule has 1 heterocycles. The Morgan fingerprint density at radius 1 is 1.19 bits per heavy atom. The van der Waals surface area contributed by atoms with Crippen molar-refractivity contribution in [1.29, 1.82) is 0 Å². The highest BCUT2D eigenvalue weighted by atomic mass is 35.6. The van der Waals surface area contributed by atoms with E-state index < -0.39 is 8.13 Å². The van der Waals surface area contributed by atoms with Crippen molar-refractivity contribution in [1.82, 2.24) is 15.0 Å². The van der Waals surface area contributed by atoms with Gasteiger partial charge in [0.25, 0.3) is 0 Å². The summed E-state index contributed by atoms with van der Waals surface area (Å²) in [5, 5.41) is 7.79. The van der Waals surface area contributed by atoms with Crippen molar-refractivity contribution in [2.75, 3.05) is 0 Å². The lowest BCUT2D eigenvalue weighted by Gasteiger charge is -2.27. The predicted octanol–water partition coefficient (Wildman–Crippen LogP) is 3.77. The summed E-state index contributed by atoms with van der Waals surface area (Å²) in [6, 6.07) is 0. The molecular weight excluding hydrogens is 315 g/mol. The molecule has 0 spiro atoms. The summed E-state index contributed by atoms with van der Waals surface area (Å²) >= 11 is 29.5. The molecular formula is C8H10Cl5N3. The van der Waals surface area contributed by atoms with E-state index in [9.17, 15) is 0 Å². The third kappa shape index (κ3) is 2.70. The van der Waals surface area contributed by atoms with Gasteiger partial charge in [0, 0.05) is 7.05 Å². The van der Waals surface area contributed by atoms with Crippen LogP contribution in [0.3, 0.4) is 0 Å². The summed E-state index contributed by atoms with van der Waals surface area (Å²) in [6.45, 7) is 2.00. The molecule has 0 bridgehead atoms. The molecule has 3 nitrogen and oxygen atoms in total. The summed E-state index contributed by atoms with van der Waals surface area (Å²) in [4.78, 5) is 0. The number of aryl methyl sites for hydroxylation is 2. The molecule has 0 aliphatic carbocycles. The molecule has 0 aromatic carbocycles. The van der Waals surface area contributed by atoms with Crippen LogP contribution in [-0.4, -0.2) is 18.8 Å². The van der Waals surface area contributed by atoms with E-state index in [1.807, 2.05) is 6.92 Å². The summed E-state index contributed by atoms with van der Waals surface area (Å²) in [7, 11) is 1.65. The first-order chi connectivity index (χ1) is 7.21. The van der Waals surface area contributed by atoms with Crippen LogP contribution in [0.15, 0.2) is 0 Å². The summed E-state index contributed by atoms with van der Waals surface area (Å²) in [5.74, 6) is 0. The number of nitrogens with zero attached hydrogens (tertiary/aromatic N) is 3. The molecule has 1 rings (SSSR count). The van der Waals surface area contributed by atoms with Crippen LogP contribution in [0.1, 0.15) is 24.7 Å². The molecule has 0 atom stereocenters. The first kappa shape index (κ1) is 14.7. The van der Waals surface area contributed by atoms with Gasteiger partial charge in [0.1, 0.15) is 5.69 Å². The van der Waals surface area contributed by atoms with Crippen molar-refractivity contribution in [2.45, 2.75) is 27.9 Å². The maximum atomic E-state index is 6.09. The Hall–Kier alpha value is 0.590. The lowest BCUT2D eigenvalue weighted by atomic mass is 10.1. The van der Waals surface area contributed by atoms with Gasteiger partial charge in [-0.15, -0.1) is 5.10 Å². The van der Waals surface area contributed by atoms with Gasteiger partial charge in [-0.05, 0) is 6.42 Å². The van der Waals surface area contributed by atoms with Gasteiger partial charge in [-0.25, -0.2) is 4.68 Å². The van der Waals surface area contributed by atoms with Gasteiger partial charge in [-0.3, -0.25) is 0 Å². The molecule has 0 aliphatic heterocycles. The van der Waals surface area contributed by atoms with Crippen LogP contribution in [0.4, 0.5) is 0 Å². The number of aromatic nitrogens is 3. The van der Waals surface area contributed by atoms with Crippen molar-refractivity contribution >= 4 is 58.0 Å². The number of alkyl halides is 5. The summed E-state index contributed by atoms with van der Waals surface area (Å²) in [5.41, 5.74) is 1.05. The first-order valence-corrected chi connectivity index (χ1v) is 6.44. The quantitative estimate of drug-likeness (QED) is 0.792. The largest absolute Gasteiger partial charge is 0.249 e. The smallest absolute Gasteiger partial charge is 0.228 e. The van der Waals surface area contributed by atoms with Crippen molar-refractivity contribution in [3.63, 3.8) is 0 Å². The van der Waals surface area contributed by atoms with Gasteiger partial charge in [0.05, 0.1) is 5.69 Å². The Labute approximate surface area is 119 Å². The minimum absolute atomic E-state index is 0.415. The van der Waals surface area contributed by atoms with Crippen LogP contribution in [0.5, 0.6) is 0 Å². The minimum Gasteiger partial charge on any atom is -0.249 e. The highest BCUT2D eigenvalue weighted by molar-refractivity contribution is 6.75. The molecule has 1 aromatic rings. The third-order valence-corrected chi connectivity index (χ3v) is 4.39. The van der Waals surface area contributed by atoms with Crippen LogP contribution in [0, 0.1) is 0 Å². The van der Waals surface area contributed by atoms with E-state index in [1.165, 1.54) is 4.68 Å². The van der Waals surface area contributed by atoms with E-state index in [0.29, 0.717) is 17.8 Å². The zero-order valence-electron chi connectivity index (χ0n) is 8.65. The maximum absolute atomic E-state index is 6.09. The second-order valence-electron chi connectivity index (χ2n) is 3.33. The topological polar surface area (TPSA) is 30.7 Å². The van der Waals surface area contributed by atoms with E-state index in [1.54, 1.807) is 7.05 Å². The molecule has 0 saturated carbocycles. The van der Waals surface area contributed by atoms with Crippen LogP contribution >= 0.6 is 58.0 Å². The van der Waals surface area contributed by atoms with E-state index >= 15 is 0 Å². The molecule has 0 amide bonds. The second-order valence-corrected chi connectivity index (χ2v) is 6.94. The molecule has 0 unspecified atom stereocenters. The average Bonchev–Trinajstić information content (AvgIpc) is 2.46. The highest BCUT2D eigenvalue weighted by Crippen LogP contribution is 2.53. The van der Waals surface area contributed by atoms with Crippen molar-refractivity contribution in [3.05, 3.63) is 11.4 Å². The van der Waals surface area contributed by atoms with E-state index in [2.05, 4.69) is 10.3 Å². The van der Waals surface area contributed by atoms with Gasteiger partial charge in [0.15, 0.2) is 0 Å². The highest BCUT2D eigenvalue weighted by Gasteiger charge is 2.50.